The Morgan fingerprint density at radius 3 is 2.54 bits per heavy atom. The van der Waals surface area contributed by atoms with Crippen LogP contribution < -0.4 is 0 Å². The number of benzene rings is 1. The Bertz CT molecular complexity index is 264. The van der Waals surface area contributed by atoms with E-state index in [1.165, 1.54) is 11.1 Å². The Morgan fingerprint density at radius 1 is 1.31 bits per heavy atom. The van der Waals surface area contributed by atoms with E-state index in [2.05, 4.69) is 24.3 Å². The standard InChI is InChI=1S/C11H13ClO/c1-13-9-11-6-4-10(5-7-11)3-2-8-12/h2-7H,8-9H2,1H3. The highest BCUT2D eigenvalue weighted by Gasteiger charge is 1.90. The van der Waals surface area contributed by atoms with Gasteiger partial charge in [0.25, 0.3) is 0 Å². The highest BCUT2D eigenvalue weighted by Crippen LogP contribution is 2.07. The van der Waals surface area contributed by atoms with Gasteiger partial charge in [0.15, 0.2) is 0 Å². The third-order valence-corrected chi connectivity index (χ3v) is 1.87. The molecular weight excluding hydrogens is 184 g/mol. The van der Waals surface area contributed by atoms with Crippen LogP contribution in [-0.4, -0.2) is 13.0 Å². The molecule has 13 heavy (non-hydrogen) atoms. The predicted molar refractivity (Wildman–Crippen MR) is 56.9 cm³/mol. The third-order valence-electron chi connectivity index (χ3n) is 1.69. The highest BCUT2D eigenvalue weighted by atomic mass is 35.5. The summed E-state index contributed by atoms with van der Waals surface area (Å²) in [5, 5.41) is 0. The molecule has 2 heteroatoms. The summed E-state index contributed by atoms with van der Waals surface area (Å²) in [5.41, 5.74) is 2.35. The predicted octanol–water partition coefficient (Wildman–Crippen LogP) is 3.09. The second-order valence-corrected chi connectivity index (χ2v) is 3.04. The molecule has 0 spiro atoms. The van der Waals surface area contributed by atoms with Gasteiger partial charge in [-0.05, 0) is 11.1 Å². The highest BCUT2D eigenvalue weighted by molar-refractivity contribution is 6.19. The van der Waals surface area contributed by atoms with E-state index in [1.54, 1.807) is 7.11 Å². The second kappa shape index (κ2) is 5.79. The van der Waals surface area contributed by atoms with Gasteiger partial charge in [0.2, 0.25) is 0 Å². The molecule has 0 aliphatic carbocycles. The molecule has 0 aromatic heterocycles. The van der Waals surface area contributed by atoms with E-state index in [0.717, 1.165) is 0 Å². The van der Waals surface area contributed by atoms with E-state index < -0.39 is 0 Å². The van der Waals surface area contributed by atoms with Crippen molar-refractivity contribution < 1.29 is 4.74 Å². The van der Waals surface area contributed by atoms with Crippen molar-refractivity contribution in [3.63, 3.8) is 0 Å². The summed E-state index contributed by atoms with van der Waals surface area (Å²) in [6, 6.07) is 8.21. The molecule has 70 valence electrons. The van der Waals surface area contributed by atoms with Crippen LogP contribution in [0.3, 0.4) is 0 Å². The number of hydrogen-bond donors (Lipinski definition) is 0. The van der Waals surface area contributed by atoms with Crippen LogP contribution in [0.1, 0.15) is 11.1 Å². The molecule has 0 saturated heterocycles. The molecule has 1 aromatic carbocycles. The van der Waals surface area contributed by atoms with Crippen molar-refractivity contribution in [3.05, 3.63) is 41.5 Å². The molecule has 0 aliphatic heterocycles. The molecule has 1 nitrogen and oxygen atoms in total. The minimum atomic E-state index is 0.555. The van der Waals surface area contributed by atoms with E-state index in [0.29, 0.717) is 12.5 Å². The average molecular weight is 197 g/mol. The summed E-state index contributed by atoms with van der Waals surface area (Å²) in [4.78, 5) is 0. The molecule has 0 N–H and O–H groups in total. The number of halogens is 1. The number of alkyl halides is 1. The summed E-state index contributed by atoms with van der Waals surface area (Å²) >= 11 is 5.53. The SMILES string of the molecule is COCc1ccc(C=CCCl)cc1. The van der Waals surface area contributed by atoms with E-state index in [9.17, 15) is 0 Å². The van der Waals surface area contributed by atoms with Crippen molar-refractivity contribution in [1.82, 2.24) is 0 Å². The molecular formula is C11H13ClO. The zero-order chi connectivity index (χ0) is 9.52. The molecule has 0 unspecified atom stereocenters. The molecule has 0 aliphatic rings. The van der Waals surface area contributed by atoms with Crippen molar-refractivity contribution >= 4 is 17.7 Å². The maximum absolute atomic E-state index is 5.53. The molecule has 1 rings (SSSR count). The zero-order valence-corrected chi connectivity index (χ0v) is 8.42. The topological polar surface area (TPSA) is 9.23 Å². The van der Waals surface area contributed by atoms with Crippen LogP contribution in [0.25, 0.3) is 6.08 Å². The van der Waals surface area contributed by atoms with Gasteiger partial charge in [-0.25, -0.2) is 0 Å². The van der Waals surface area contributed by atoms with Crippen molar-refractivity contribution in [2.24, 2.45) is 0 Å². The van der Waals surface area contributed by atoms with Gasteiger partial charge in [0.05, 0.1) is 6.61 Å². The Balaban J connectivity index is 2.64. The fourth-order valence-electron chi connectivity index (χ4n) is 1.07. The first kappa shape index (κ1) is 10.3. The van der Waals surface area contributed by atoms with Crippen molar-refractivity contribution in [2.45, 2.75) is 6.61 Å². The first-order chi connectivity index (χ1) is 6.36. The van der Waals surface area contributed by atoms with Crippen molar-refractivity contribution in [3.8, 4) is 0 Å². The number of hydrogen-bond acceptors (Lipinski definition) is 1. The monoisotopic (exact) mass is 196 g/mol. The second-order valence-electron chi connectivity index (χ2n) is 2.73. The van der Waals surface area contributed by atoms with Gasteiger partial charge in [-0.2, -0.15) is 0 Å². The molecule has 1 aromatic rings. The molecule has 0 bridgehead atoms. The fraction of sp³-hybridized carbons (Fsp3) is 0.273. The lowest BCUT2D eigenvalue weighted by molar-refractivity contribution is 0.185. The normalized spacial score (nSPS) is 10.9. The lowest BCUT2D eigenvalue weighted by atomic mass is 10.1. The first-order valence-corrected chi connectivity index (χ1v) is 4.70. The van der Waals surface area contributed by atoms with Crippen LogP contribution in [0.15, 0.2) is 30.3 Å². The van der Waals surface area contributed by atoms with Gasteiger partial charge in [-0.1, -0.05) is 36.4 Å². The Labute approximate surface area is 84.0 Å². The van der Waals surface area contributed by atoms with Gasteiger partial charge in [0.1, 0.15) is 0 Å². The van der Waals surface area contributed by atoms with Gasteiger partial charge >= 0.3 is 0 Å². The van der Waals surface area contributed by atoms with Crippen LogP contribution in [-0.2, 0) is 11.3 Å². The van der Waals surface area contributed by atoms with Crippen molar-refractivity contribution in [2.75, 3.05) is 13.0 Å². The minimum absolute atomic E-state index is 0.555. The van der Waals surface area contributed by atoms with Gasteiger partial charge < -0.3 is 4.74 Å². The number of methoxy groups -OCH3 is 1. The van der Waals surface area contributed by atoms with E-state index in [4.69, 9.17) is 16.3 Å². The first-order valence-electron chi connectivity index (χ1n) is 4.17. The maximum Gasteiger partial charge on any atom is 0.0713 e. The summed E-state index contributed by atoms with van der Waals surface area (Å²) in [5.74, 6) is 0.555. The molecule has 0 amide bonds. The maximum atomic E-state index is 5.53. The molecule has 0 atom stereocenters. The fourth-order valence-corrected chi connectivity index (χ4v) is 1.16. The Hall–Kier alpha value is -0.790. The summed E-state index contributed by atoms with van der Waals surface area (Å²) < 4.78 is 5.01. The van der Waals surface area contributed by atoms with Crippen molar-refractivity contribution in [1.29, 1.82) is 0 Å². The molecule has 0 heterocycles. The lowest BCUT2D eigenvalue weighted by Gasteiger charge is -1.99. The van der Waals surface area contributed by atoms with Crippen LogP contribution in [0.4, 0.5) is 0 Å². The summed E-state index contributed by atoms with van der Waals surface area (Å²) in [6.07, 6.45) is 3.93. The number of allylic oxidation sites excluding steroid dienone is 1. The van der Waals surface area contributed by atoms with Gasteiger partial charge in [-0.15, -0.1) is 11.6 Å². The quantitative estimate of drug-likeness (QED) is 0.673. The largest absolute Gasteiger partial charge is 0.380 e. The molecule has 0 fully saturated rings. The zero-order valence-electron chi connectivity index (χ0n) is 7.66. The number of ether oxygens (including phenoxy) is 1. The number of rotatable bonds is 4. The van der Waals surface area contributed by atoms with Crippen LogP contribution in [0.5, 0.6) is 0 Å². The van der Waals surface area contributed by atoms with Crippen LogP contribution >= 0.6 is 11.6 Å². The lowest BCUT2D eigenvalue weighted by Crippen LogP contribution is -1.86. The van der Waals surface area contributed by atoms with Crippen LogP contribution in [0, 0.1) is 0 Å². The molecule has 0 saturated carbocycles. The van der Waals surface area contributed by atoms with E-state index >= 15 is 0 Å². The van der Waals surface area contributed by atoms with Gasteiger partial charge in [0, 0.05) is 13.0 Å². The third kappa shape index (κ3) is 3.62. The summed E-state index contributed by atoms with van der Waals surface area (Å²) in [6.45, 7) is 0.666. The Kier molecular flexibility index (Phi) is 4.58. The minimum Gasteiger partial charge on any atom is -0.380 e. The van der Waals surface area contributed by atoms with E-state index in [-0.39, 0.29) is 0 Å². The summed E-state index contributed by atoms with van der Waals surface area (Å²) in [7, 11) is 1.70. The smallest absolute Gasteiger partial charge is 0.0713 e. The Morgan fingerprint density at radius 2 is 2.00 bits per heavy atom. The average Bonchev–Trinajstić information content (AvgIpc) is 2.17. The molecule has 0 radical (unpaired) electrons. The van der Waals surface area contributed by atoms with Gasteiger partial charge in [-0.3, -0.25) is 0 Å². The van der Waals surface area contributed by atoms with Crippen LogP contribution in [0.2, 0.25) is 0 Å². The van der Waals surface area contributed by atoms with E-state index in [1.807, 2.05) is 12.2 Å².